The number of halogens is 3. The number of amides is 1. The lowest BCUT2D eigenvalue weighted by molar-refractivity contribution is -0.137. The van der Waals surface area contributed by atoms with E-state index in [4.69, 9.17) is 9.47 Å². The first-order valence-electron chi connectivity index (χ1n) is 10.7. The third-order valence-corrected chi connectivity index (χ3v) is 5.52. The Morgan fingerprint density at radius 3 is 2.70 bits per heavy atom. The van der Waals surface area contributed by atoms with E-state index < -0.39 is 11.7 Å². The van der Waals surface area contributed by atoms with Crippen LogP contribution in [0.5, 0.6) is 5.75 Å². The normalized spacial score (nSPS) is 16.9. The molecule has 0 unspecified atom stereocenters. The second-order valence-electron chi connectivity index (χ2n) is 8.11. The van der Waals surface area contributed by atoms with Crippen molar-refractivity contribution in [2.75, 3.05) is 36.5 Å². The fraction of sp³-hybridized carbons (Fsp3) is 0.524. The summed E-state index contributed by atoms with van der Waals surface area (Å²) in [4.78, 5) is 28.0. The zero-order valence-electron chi connectivity index (χ0n) is 18.3. The maximum absolute atomic E-state index is 13.4. The highest BCUT2D eigenvalue weighted by Crippen LogP contribution is 2.41. The molecule has 33 heavy (non-hydrogen) atoms. The lowest BCUT2D eigenvalue weighted by Crippen LogP contribution is -2.49. The summed E-state index contributed by atoms with van der Waals surface area (Å²) >= 11 is 0. The third-order valence-electron chi connectivity index (χ3n) is 5.52. The number of alkyl halides is 3. The molecular formula is C21H25F3N6O3. The van der Waals surface area contributed by atoms with Crippen molar-refractivity contribution in [3.8, 4) is 5.75 Å². The molecular weight excluding hydrogens is 441 g/mol. The summed E-state index contributed by atoms with van der Waals surface area (Å²) in [6, 6.07) is 1.34. The monoisotopic (exact) mass is 466 g/mol. The van der Waals surface area contributed by atoms with Crippen molar-refractivity contribution in [3.63, 3.8) is 0 Å². The number of nitrogens with zero attached hydrogens (tertiary/aromatic N) is 5. The van der Waals surface area contributed by atoms with Crippen LogP contribution in [0.15, 0.2) is 24.8 Å². The highest BCUT2D eigenvalue weighted by atomic mass is 19.4. The number of likely N-dealkylation sites (tertiary alicyclic amines) is 1. The number of carbonyl (C=O) groups is 1. The molecule has 0 aromatic carbocycles. The van der Waals surface area contributed by atoms with Gasteiger partial charge < -0.3 is 24.6 Å². The molecule has 2 aliphatic rings. The van der Waals surface area contributed by atoms with Gasteiger partial charge in [-0.1, -0.05) is 0 Å². The summed E-state index contributed by atoms with van der Waals surface area (Å²) in [5, 5.41) is 2.74. The first-order chi connectivity index (χ1) is 15.7. The molecule has 0 atom stereocenters. The first-order valence-corrected chi connectivity index (χ1v) is 10.7. The summed E-state index contributed by atoms with van der Waals surface area (Å²) in [6.45, 7) is 5.63. The smallest absolute Gasteiger partial charge is 0.419 e. The van der Waals surface area contributed by atoms with Crippen molar-refractivity contribution in [1.29, 1.82) is 0 Å². The van der Waals surface area contributed by atoms with Gasteiger partial charge in [0.15, 0.2) is 11.6 Å². The van der Waals surface area contributed by atoms with Gasteiger partial charge in [-0.25, -0.2) is 14.8 Å². The Hall–Kier alpha value is -3.31. The fourth-order valence-electron chi connectivity index (χ4n) is 3.99. The summed E-state index contributed by atoms with van der Waals surface area (Å²) in [6.07, 6.45) is -0.311. The van der Waals surface area contributed by atoms with Gasteiger partial charge in [-0.3, -0.25) is 4.98 Å². The van der Waals surface area contributed by atoms with Gasteiger partial charge in [-0.2, -0.15) is 13.2 Å². The zero-order valence-corrected chi connectivity index (χ0v) is 18.3. The minimum Gasteiger partial charge on any atom is -0.485 e. The number of ether oxygens (including phenoxy) is 2. The van der Waals surface area contributed by atoms with Crippen LogP contribution in [0.1, 0.15) is 32.3 Å². The summed E-state index contributed by atoms with van der Waals surface area (Å²) in [7, 11) is 0. The van der Waals surface area contributed by atoms with Gasteiger partial charge in [-0.05, 0) is 32.8 Å². The van der Waals surface area contributed by atoms with E-state index in [-0.39, 0.29) is 29.7 Å². The van der Waals surface area contributed by atoms with E-state index in [1.165, 1.54) is 18.6 Å². The molecule has 4 heterocycles. The molecule has 1 saturated heterocycles. The zero-order chi connectivity index (χ0) is 23.6. The van der Waals surface area contributed by atoms with Gasteiger partial charge in [0.05, 0.1) is 23.9 Å². The molecule has 2 aromatic rings. The SMILES string of the molecule is CC(C)OC(=O)N1CCC(N2CCOc3c(Nc4ccncc4C(F)(F)F)ncnc32)CC1. The third kappa shape index (κ3) is 5.04. The molecule has 2 aromatic heterocycles. The number of fused-ring (bicyclic) bond motifs is 1. The van der Waals surface area contributed by atoms with Crippen LogP contribution < -0.4 is 15.0 Å². The van der Waals surface area contributed by atoms with Crippen LogP contribution in [0.2, 0.25) is 0 Å². The second kappa shape index (κ2) is 9.28. The van der Waals surface area contributed by atoms with Gasteiger partial charge >= 0.3 is 12.3 Å². The van der Waals surface area contributed by atoms with E-state index in [0.717, 1.165) is 6.20 Å². The molecule has 4 rings (SSSR count). The Kier molecular flexibility index (Phi) is 6.43. The van der Waals surface area contributed by atoms with Crippen molar-refractivity contribution in [2.24, 2.45) is 0 Å². The van der Waals surface area contributed by atoms with E-state index >= 15 is 0 Å². The number of anilines is 3. The molecule has 1 N–H and O–H groups in total. The second-order valence-corrected chi connectivity index (χ2v) is 8.11. The quantitative estimate of drug-likeness (QED) is 0.727. The Morgan fingerprint density at radius 2 is 2.00 bits per heavy atom. The molecule has 9 nitrogen and oxygen atoms in total. The minimum atomic E-state index is -4.57. The Balaban J connectivity index is 1.52. The lowest BCUT2D eigenvalue weighted by atomic mass is 10.0. The van der Waals surface area contributed by atoms with E-state index in [1.54, 1.807) is 4.90 Å². The predicted octanol–water partition coefficient (Wildman–Crippen LogP) is 3.84. The predicted molar refractivity (Wildman–Crippen MR) is 114 cm³/mol. The largest absolute Gasteiger partial charge is 0.485 e. The molecule has 0 spiro atoms. The van der Waals surface area contributed by atoms with Crippen LogP contribution in [0.4, 0.5) is 35.3 Å². The van der Waals surface area contributed by atoms with Crippen LogP contribution >= 0.6 is 0 Å². The number of rotatable bonds is 4. The average Bonchev–Trinajstić information content (AvgIpc) is 2.78. The van der Waals surface area contributed by atoms with Crippen LogP contribution in [0, 0.1) is 0 Å². The fourth-order valence-corrected chi connectivity index (χ4v) is 3.99. The van der Waals surface area contributed by atoms with Crippen LogP contribution in [-0.4, -0.2) is 64.3 Å². The Labute approximate surface area is 188 Å². The molecule has 1 amide bonds. The van der Waals surface area contributed by atoms with Crippen molar-refractivity contribution >= 4 is 23.4 Å². The number of carbonyl (C=O) groups excluding carboxylic acids is 1. The standard InChI is InChI=1S/C21H25F3N6O3/c1-13(2)33-20(31)29-7-4-14(5-8-29)30-9-10-32-17-18(26-12-27-19(17)30)28-16-3-6-25-11-15(16)21(22,23)24/h3,6,11-14H,4-5,7-10H2,1-2H3,(H,25,26,27,28). The molecule has 178 valence electrons. The van der Waals surface area contributed by atoms with Crippen LogP contribution in [-0.2, 0) is 10.9 Å². The van der Waals surface area contributed by atoms with E-state index in [2.05, 4.69) is 25.2 Å². The van der Waals surface area contributed by atoms with Gasteiger partial charge in [0.25, 0.3) is 0 Å². The number of hydrogen-bond donors (Lipinski definition) is 1. The van der Waals surface area contributed by atoms with Gasteiger partial charge in [0, 0.05) is 31.5 Å². The summed E-state index contributed by atoms with van der Waals surface area (Å²) in [5.74, 6) is 0.972. The molecule has 0 bridgehead atoms. The molecule has 0 aliphatic carbocycles. The van der Waals surface area contributed by atoms with Gasteiger partial charge in [0.2, 0.25) is 5.75 Å². The lowest BCUT2D eigenvalue weighted by Gasteiger charge is -2.41. The molecule has 1 fully saturated rings. The van der Waals surface area contributed by atoms with E-state index in [1.807, 2.05) is 13.8 Å². The highest BCUT2D eigenvalue weighted by Gasteiger charge is 2.36. The highest BCUT2D eigenvalue weighted by molar-refractivity contribution is 5.72. The van der Waals surface area contributed by atoms with Gasteiger partial charge in [-0.15, -0.1) is 0 Å². The summed E-state index contributed by atoms with van der Waals surface area (Å²) < 4.78 is 51.1. The van der Waals surface area contributed by atoms with E-state index in [0.29, 0.717) is 50.7 Å². The first kappa shape index (κ1) is 22.9. The van der Waals surface area contributed by atoms with E-state index in [9.17, 15) is 18.0 Å². The van der Waals surface area contributed by atoms with Crippen LogP contribution in [0.3, 0.4) is 0 Å². The maximum atomic E-state index is 13.4. The van der Waals surface area contributed by atoms with Crippen molar-refractivity contribution in [3.05, 3.63) is 30.4 Å². The summed E-state index contributed by atoms with van der Waals surface area (Å²) in [5.41, 5.74) is -1.07. The van der Waals surface area contributed by atoms with Gasteiger partial charge in [0.1, 0.15) is 12.9 Å². The van der Waals surface area contributed by atoms with Crippen molar-refractivity contribution in [2.45, 2.75) is 45.0 Å². The molecule has 0 saturated carbocycles. The van der Waals surface area contributed by atoms with Crippen molar-refractivity contribution in [1.82, 2.24) is 19.9 Å². The number of aromatic nitrogens is 3. The molecule has 2 aliphatic heterocycles. The maximum Gasteiger partial charge on any atom is 0.419 e. The number of pyridine rings is 1. The Bertz CT molecular complexity index is 995. The molecule has 0 radical (unpaired) electrons. The number of piperidine rings is 1. The number of nitrogens with one attached hydrogen (secondary N) is 1. The Morgan fingerprint density at radius 1 is 1.24 bits per heavy atom. The van der Waals surface area contributed by atoms with Crippen molar-refractivity contribution < 1.29 is 27.4 Å². The number of hydrogen-bond acceptors (Lipinski definition) is 8. The topological polar surface area (TPSA) is 92.7 Å². The van der Waals surface area contributed by atoms with Crippen LogP contribution in [0.25, 0.3) is 0 Å². The molecule has 12 heteroatoms. The minimum absolute atomic E-state index is 0.102. The average molecular weight is 466 g/mol.